The third kappa shape index (κ3) is 3.50. The van der Waals surface area contributed by atoms with Gasteiger partial charge in [0.25, 0.3) is 5.91 Å². The topological polar surface area (TPSA) is 80.0 Å². The van der Waals surface area contributed by atoms with E-state index in [-0.39, 0.29) is 17.9 Å². The lowest BCUT2D eigenvalue weighted by molar-refractivity contribution is -0.130. The van der Waals surface area contributed by atoms with E-state index < -0.39 is 23.5 Å². The number of amides is 1. The van der Waals surface area contributed by atoms with Gasteiger partial charge in [0.2, 0.25) is 5.78 Å². The number of para-hydroxylation sites is 1. The Labute approximate surface area is 194 Å². The minimum Gasteiger partial charge on any atom is -0.503 e. The normalized spacial score (nSPS) is 16.1. The second kappa shape index (κ2) is 8.26. The molecule has 7 heteroatoms. The molecule has 0 saturated carbocycles. The highest BCUT2D eigenvalue weighted by atomic mass is 32.1. The van der Waals surface area contributed by atoms with Crippen molar-refractivity contribution < 1.29 is 23.8 Å². The Morgan fingerprint density at radius 3 is 2.70 bits per heavy atom. The Morgan fingerprint density at radius 1 is 1.15 bits per heavy atom. The van der Waals surface area contributed by atoms with Gasteiger partial charge in [-0.2, -0.15) is 0 Å². The van der Waals surface area contributed by atoms with Crippen molar-refractivity contribution in [3.05, 3.63) is 99.1 Å². The number of thiophene rings is 1. The molecule has 1 unspecified atom stereocenters. The molecule has 6 nitrogen and oxygen atoms in total. The fourth-order valence-electron chi connectivity index (χ4n) is 4.28. The number of fused-ring (bicyclic) bond motifs is 1. The lowest BCUT2D eigenvalue weighted by atomic mass is 9.92. The van der Waals surface area contributed by atoms with E-state index in [9.17, 15) is 14.7 Å². The molecule has 1 N–H and O–H groups in total. The number of aryl methyl sites for hydroxylation is 1. The van der Waals surface area contributed by atoms with E-state index in [0.717, 1.165) is 16.0 Å². The summed E-state index contributed by atoms with van der Waals surface area (Å²) in [7, 11) is 1.53. The predicted octanol–water partition coefficient (Wildman–Crippen LogP) is 5.59. The standard InChI is InChI=1S/C26H21NO5S/c1-15-7-3-4-10-18(15)22-21(24(29)26(30)27(22)14-17-9-6-12-33-17)23(28)20-13-16-8-5-11-19(31-2)25(16)32-20/h3-13,22,29H,14H2,1-2H3. The first-order valence-corrected chi connectivity index (χ1v) is 11.3. The summed E-state index contributed by atoms with van der Waals surface area (Å²) in [6, 6.07) is 17.6. The van der Waals surface area contributed by atoms with Gasteiger partial charge in [0.05, 0.1) is 25.3 Å². The average Bonchev–Trinajstić information content (AvgIpc) is 3.54. The average molecular weight is 460 g/mol. The largest absolute Gasteiger partial charge is 0.503 e. The summed E-state index contributed by atoms with van der Waals surface area (Å²) < 4.78 is 11.2. The molecule has 1 aliphatic heterocycles. The number of rotatable bonds is 6. The van der Waals surface area contributed by atoms with E-state index in [0.29, 0.717) is 16.7 Å². The van der Waals surface area contributed by atoms with Crippen LogP contribution < -0.4 is 4.74 Å². The van der Waals surface area contributed by atoms with Crippen LogP contribution in [0.5, 0.6) is 5.75 Å². The molecule has 2 aromatic heterocycles. The van der Waals surface area contributed by atoms with Crippen molar-refractivity contribution in [2.45, 2.75) is 19.5 Å². The fraction of sp³-hybridized carbons (Fsp3) is 0.154. The molecule has 0 radical (unpaired) electrons. The molecule has 1 aliphatic rings. The zero-order valence-corrected chi connectivity index (χ0v) is 18.9. The van der Waals surface area contributed by atoms with Crippen LogP contribution in [0.4, 0.5) is 0 Å². The van der Waals surface area contributed by atoms with Gasteiger partial charge in [-0.15, -0.1) is 11.3 Å². The first-order chi connectivity index (χ1) is 16.0. The van der Waals surface area contributed by atoms with Gasteiger partial charge in [0, 0.05) is 10.3 Å². The van der Waals surface area contributed by atoms with E-state index in [1.54, 1.807) is 23.1 Å². The monoisotopic (exact) mass is 459 g/mol. The summed E-state index contributed by atoms with van der Waals surface area (Å²) in [5.41, 5.74) is 2.15. The number of hydrogen-bond acceptors (Lipinski definition) is 6. The number of methoxy groups -OCH3 is 1. The van der Waals surface area contributed by atoms with E-state index >= 15 is 0 Å². The summed E-state index contributed by atoms with van der Waals surface area (Å²) in [6.45, 7) is 2.21. The van der Waals surface area contributed by atoms with Gasteiger partial charge in [-0.1, -0.05) is 42.5 Å². The first-order valence-electron chi connectivity index (χ1n) is 10.4. The summed E-state index contributed by atoms with van der Waals surface area (Å²) in [5, 5.41) is 13.5. The minimum absolute atomic E-state index is 0.0175. The maximum atomic E-state index is 13.7. The molecular weight excluding hydrogens is 438 g/mol. The minimum atomic E-state index is -0.733. The van der Waals surface area contributed by atoms with Crippen LogP contribution in [0.25, 0.3) is 11.0 Å². The van der Waals surface area contributed by atoms with Crippen LogP contribution in [-0.4, -0.2) is 28.8 Å². The molecule has 4 aromatic rings. The number of hydrogen-bond donors (Lipinski definition) is 1. The number of aliphatic hydroxyl groups excluding tert-OH is 1. The summed E-state index contributed by atoms with van der Waals surface area (Å²) >= 11 is 1.52. The molecule has 0 saturated heterocycles. The molecule has 166 valence electrons. The van der Waals surface area contributed by atoms with Crippen molar-refractivity contribution in [1.82, 2.24) is 4.90 Å². The van der Waals surface area contributed by atoms with Crippen molar-refractivity contribution >= 4 is 34.0 Å². The number of Topliss-reactive ketones (excluding diaryl/α,β-unsaturated/α-hetero) is 1. The summed E-state index contributed by atoms with van der Waals surface area (Å²) in [6.07, 6.45) is 0. The Balaban J connectivity index is 1.63. The SMILES string of the molecule is COc1cccc2cc(C(=O)C3=C(O)C(=O)N(Cc4cccs4)C3c3ccccc3C)oc12. The number of nitrogens with zero attached hydrogens (tertiary/aromatic N) is 1. The van der Waals surface area contributed by atoms with Gasteiger partial charge in [0.15, 0.2) is 22.9 Å². The van der Waals surface area contributed by atoms with Crippen LogP contribution in [0.2, 0.25) is 0 Å². The Bertz CT molecular complexity index is 1400. The van der Waals surface area contributed by atoms with Gasteiger partial charge in [0.1, 0.15) is 0 Å². The molecular formula is C26H21NO5S. The number of furan rings is 1. The highest BCUT2D eigenvalue weighted by Crippen LogP contribution is 2.42. The van der Waals surface area contributed by atoms with Crippen LogP contribution in [0.15, 0.2) is 81.8 Å². The lowest BCUT2D eigenvalue weighted by Crippen LogP contribution is -2.30. The van der Waals surface area contributed by atoms with Crippen LogP contribution in [0.1, 0.15) is 32.6 Å². The fourth-order valence-corrected chi connectivity index (χ4v) is 4.98. The Morgan fingerprint density at radius 2 is 1.97 bits per heavy atom. The number of carbonyl (C=O) groups is 2. The lowest BCUT2D eigenvalue weighted by Gasteiger charge is -2.27. The molecule has 5 rings (SSSR count). The van der Waals surface area contributed by atoms with Crippen molar-refractivity contribution in [2.75, 3.05) is 7.11 Å². The molecule has 0 fully saturated rings. The van der Waals surface area contributed by atoms with Gasteiger partial charge < -0.3 is 19.2 Å². The smallest absolute Gasteiger partial charge is 0.290 e. The quantitative estimate of drug-likeness (QED) is 0.380. The Kier molecular flexibility index (Phi) is 5.26. The zero-order chi connectivity index (χ0) is 23.1. The van der Waals surface area contributed by atoms with Gasteiger partial charge >= 0.3 is 0 Å². The van der Waals surface area contributed by atoms with Gasteiger partial charge in [-0.25, -0.2) is 0 Å². The van der Waals surface area contributed by atoms with E-state index in [1.807, 2.05) is 54.8 Å². The van der Waals surface area contributed by atoms with Crippen molar-refractivity contribution in [1.29, 1.82) is 0 Å². The van der Waals surface area contributed by atoms with E-state index in [1.165, 1.54) is 18.4 Å². The van der Waals surface area contributed by atoms with Crippen molar-refractivity contribution in [3.63, 3.8) is 0 Å². The predicted molar refractivity (Wildman–Crippen MR) is 126 cm³/mol. The second-order valence-corrected chi connectivity index (χ2v) is 8.88. The molecule has 1 amide bonds. The number of aliphatic hydroxyl groups is 1. The van der Waals surface area contributed by atoms with Gasteiger partial charge in [-0.3, -0.25) is 9.59 Å². The maximum Gasteiger partial charge on any atom is 0.290 e. The van der Waals surface area contributed by atoms with Crippen molar-refractivity contribution in [2.24, 2.45) is 0 Å². The van der Waals surface area contributed by atoms with Crippen LogP contribution in [0.3, 0.4) is 0 Å². The number of benzene rings is 2. The Hall–Kier alpha value is -3.84. The van der Waals surface area contributed by atoms with Crippen LogP contribution in [0, 0.1) is 6.92 Å². The van der Waals surface area contributed by atoms with E-state index in [2.05, 4.69) is 0 Å². The van der Waals surface area contributed by atoms with Gasteiger partial charge in [-0.05, 0) is 41.6 Å². The highest BCUT2D eigenvalue weighted by Gasteiger charge is 2.45. The molecule has 2 aromatic carbocycles. The number of ether oxygens (including phenoxy) is 1. The molecule has 0 aliphatic carbocycles. The van der Waals surface area contributed by atoms with Crippen molar-refractivity contribution in [3.8, 4) is 5.75 Å². The third-order valence-corrected chi connectivity index (χ3v) is 6.75. The molecule has 0 spiro atoms. The molecule has 33 heavy (non-hydrogen) atoms. The highest BCUT2D eigenvalue weighted by molar-refractivity contribution is 7.09. The van der Waals surface area contributed by atoms with E-state index in [4.69, 9.17) is 9.15 Å². The summed E-state index contributed by atoms with van der Waals surface area (Å²) in [4.78, 5) is 29.3. The molecule has 0 bridgehead atoms. The third-order valence-electron chi connectivity index (χ3n) is 5.89. The maximum absolute atomic E-state index is 13.7. The number of ketones is 1. The zero-order valence-electron chi connectivity index (χ0n) is 18.1. The second-order valence-electron chi connectivity index (χ2n) is 7.85. The molecule has 1 atom stereocenters. The summed E-state index contributed by atoms with van der Waals surface area (Å²) in [5.74, 6) is -1.10. The first kappa shape index (κ1) is 21.0. The number of carbonyl (C=O) groups excluding carboxylic acids is 2. The van der Waals surface area contributed by atoms with Crippen LogP contribution in [-0.2, 0) is 11.3 Å². The van der Waals surface area contributed by atoms with Crippen LogP contribution >= 0.6 is 11.3 Å². The molecule has 3 heterocycles.